The summed E-state index contributed by atoms with van der Waals surface area (Å²) in [6, 6.07) is 13.1. The van der Waals surface area contributed by atoms with Crippen molar-refractivity contribution in [1.29, 1.82) is 0 Å². The maximum Gasteiger partial charge on any atom is 0.126 e. The molecule has 0 radical (unpaired) electrons. The van der Waals surface area contributed by atoms with E-state index in [2.05, 4.69) is 0 Å². The molecule has 0 aliphatic heterocycles. The van der Waals surface area contributed by atoms with E-state index in [4.69, 9.17) is 5.73 Å². The van der Waals surface area contributed by atoms with Gasteiger partial charge in [0, 0.05) is 16.7 Å². The summed E-state index contributed by atoms with van der Waals surface area (Å²) in [4.78, 5) is 1.12. The van der Waals surface area contributed by atoms with Gasteiger partial charge in [-0.15, -0.1) is 11.8 Å². The van der Waals surface area contributed by atoms with Gasteiger partial charge in [-0.1, -0.05) is 18.2 Å². The summed E-state index contributed by atoms with van der Waals surface area (Å²) in [5.74, 6) is -0.166. The molecule has 0 saturated carbocycles. The van der Waals surface area contributed by atoms with Crippen LogP contribution in [0.1, 0.15) is 5.56 Å². The molecule has 1 unspecified atom stereocenters. The molecule has 100 valence electrons. The fourth-order valence-corrected chi connectivity index (χ4v) is 2.64. The fourth-order valence-electron chi connectivity index (χ4n) is 1.76. The van der Waals surface area contributed by atoms with E-state index < -0.39 is 11.6 Å². The average molecular weight is 279 g/mol. The molecule has 0 heterocycles. The lowest BCUT2D eigenvalue weighted by Gasteiger charge is -2.12. The van der Waals surface area contributed by atoms with Crippen molar-refractivity contribution >= 4 is 11.8 Å². The Morgan fingerprint density at radius 3 is 2.53 bits per heavy atom. The number of hydrogen-bond donors (Lipinski definition) is 1. The van der Waals surface area contributed by atoms with E-state index >= 15 is 0 Å². The minimum Gasteiger partial charge on any atom is -0.327 e. The lowest BCUT2D eigenvalue weighted by atomic mass is 10.1. The van der Waals surface area contributed by atoms with Crippen molar-refractivity contribution in [2.45, 2.75) is 17.4 Å². The molecule has 2 N–H and O–H groups in total. The van der Waals surface area contributed by atoms with Gasteiger partial charge in [0.25, 0.3) is 0 Å². The average Bonchev–Trinajstić information content (AvgIpc) is 2.42. The molecular weight excluding hydrogens is 264 g/mol. The second kappa shape index (κ2) is 6.68. The second-order valence-corrected chi connectivity index (χ2v) is 5.42. The molecule has 1 nitrogen and oxygen atoms in total. The number of thioether (sulfide) groups is 1. The highest BCUT2D eigenvalue weighted by atomic mass is 32.2. The Hall–Kier alpha value is -1.39. The third kappa shape index (κ3) is 4.33. The largest absolute Gasteiger partial charge is 0.327 e. The van der Waals surface area contributed by atoms with Crippen LogP contribution < -0.4 is 5.73 Å². The fraction of sp³-hybridized carbons (Fsp3) is 0.200. The summed E-state index contributed by atoms with van der Waals surface area (Å²) < 4.78 is 26.5. The normalized spacial score (nSPS) is 12.4. The first kappa shape index (κ1) is 14.0. The molecule has 0 aliphatic carbocycles. The number of nitrogens with two attached hydrogens (primary N) is 1. The van der Waals surface area contributed by atoms with Gasteiger partial charge in [-0.25, -0.2) is 8.78 Å². The Kier molecular flexibility index (Phi) is 4.93. The van der Waals surface area contributed by atoms with Crippen molar-refractivity contribution in [2.24, 2.45) is 5.73 Å². The van der Waals surface area contributed by atoms with E-state index in [1.165, 1.54) is 6.07 Å². The Balaban J connectivity index is 1.90. The molecule has 2 aromatic rings. The third-order valence-corrected chi connectivity index (χ3v) is 3.90. The molecule has 2 aromatic carbocycles. The van der Waals surface area contributed by atoms with E-state index in [0.717, 1.165) is 17.0 Å². The monoisotopic (exact) mass is 279 g/mol. The molecule has 0 aliphatic rings. The van der Waals surface area contributed by atoms with Gasteiger partial charge in [0.05, 0.1) is 0 Å². The van der Waals surface area contributed by atoms with Crippen LogP contribution in [0.15, 0.2) is 53.4 Å². The molecule has 0 amide bonds. The molecule has 0 fully saturated rings. The van der Waals surface area contributed by atoms with Crippen LogP contribution in [0.4, 0.5) is 8.78 Å². The highest BCUT2D eigenvalue weighted by Crippen LogP contribution is 2.19. The number of halogens is 2. The first-order valence-corrected chi connectivity index (χ1v) is 7.01. The lowest BCUT2D eigenvalue weighted by Crippen LogP contribution is -2.26. The molecule has 0 spiro atoms. The second-order valence-electron chi connectivity index (χ2n) is 4.32. The quantitative estimate of drug-likeness (QED) is 0.846. The van der Waals surface area contributed by atoms with Crippen LogP contribution in [0, 0.1) is 11.6 Å². The van der Waals surface area contributed by atoms with Crippen LogP contribution in [-0.4, -0.2) is 11.8 Å². The summed E-state index contributed by atoms with van der Waals surface area (Å²) in [6.07, 6.45) is 0.337. The van der Waals surface area contributed by atoms with Gasteiger partial charge < -0.3 is 5.73 Å². The third-order valence-electron chi connectivity index (χ3n) is 2.70. The SMILES string of the molecule is NC(CSc1ccccc1)Cc1cc(F)ccc1F. The van der Waals surface area contributed by atoms with Crippen LogP contribution >= 0.6 is 11.8 Å². The van der Waals surface area contributed by atoms with E-state index in [9.17, 15) is 8.78 Å². The zero-order chi connectivity index (χ0) is 13.7. The predicted molar refractivity (Wildman–Crippen MR) is 75.2 cm³/mol. The molecular formula is C15H15F2NS. The Bertz CT molecular complexity index is 531. The van der Waals surface area contributed by atoms with Gasteiger partial charge >= 0.3 is 0 Å². The van der Waals surface area contributed by atoms with Crippen LogP contribution in [0.25, 0.3) is 0 Å². The standard InChI is InChI=1S/C15H15F2NS/c16-12-6-7-15(17)11(8-12)9-13(18)10-19-14-4-2-1-3-5-14/h1-8,13H,9-10,18H2. The summed E-state index contributed by atoms with van der Waals surface area (Å²) in [5, 5.41) is 0. The van der Waals surface area contributed by atoms with Crippen LogP contribution in [0.3, 0.4) is 0 Å². The minimum absolute atomic E-state index is 0.207. The molecule has 4 heteroatoms. The summed E-state index contributed by atoms with van der Waals surface area (Å²) in [6.45, 7) is 0. The Labute approximate surface area is 115 Å². The van der Waals surface area contributed by atoms with Crippen molar-refractivity contribution in [3.8, 4) is 0 Å². The predicted octanol–water partition coefficient (Wildman–Crippen LogP) is 3.63. The number of hydrogen-bond acceptors (Lipinski definition) is 2. The van der Waals surface area contributed by atoms with E-state index in [-0.39, 0.29) is 6.04 Å². The van der Waals surface area contributed by atoms with Crippen LogP contribution in [0.5, 0.6) is 0 Å². The van der Waals surface area contributed by atoms with Gasteiger partial charge in [0.1, 0.15) is 11.6 Å². The van der Waals surface area contributed by atoms with Crippen LogP contribution in [0.2, 0.25) is 0 Å². The van der Waals surface area contributed by atoms with Gasteiger partial charge in [0.15, 0.2) is 0 Å². The summed E-state index contributed by atoms with van der Waals surface area (Å²) >= 11 is 1.62. The molecule has 0 bridgehead atoms. The first-order chi connectivity index (χ1) is 9.15. The molecule has 0 saturated heterocycles. The summed E-state index contributed by atoms with van der Waals surface area (Å²) in [7, 11) is 0. The Morgan fingerprint density at radius 2 is 1.79 bits per heavy atom. The first-order valence-electron chi connectivity index (χ1n) is 6.02. The van der Waals surface area contributed by atoms with E-state index in [0.29, 0.717) is 17.7 Å². The van der Waals surface area contributed by atoms with Crippen molar-refractivity contribution < 1.29 is 8.78 Å². The Morgan fingerprint density at radius 1 is 1.05 bits per heavy atom. The summed E-state index contributed by atoms with van der Waals surface area (Å²) in [5.41, 5.74) is 6.30. The van der Waals surface area contributed by atoms with E-state index in [1.807, 2.05) is 30.3 Å². The van der Waals surface area contributed by atoms with E-state index in [1.54, 1.807) is 11.8 Å². The molecule has 2 rings (SSSR count). The minimum atomic E-state index is -0.431. The maximum atomic E-state index is 13.5. The molecule has 1 atom stereocenters. The number of benzene rings is 2. The highest BCUT2D eigenvalue weighted by Gasteiger charge is 2.10. The zero-order valence-corrected chi connectivity index (χ0v) is 11.2. The van der Waals surface area contributed by atoms with Gasteiger partial charge in [-0.3, -0.25) is 0 Å². The number of rotatable bonds is 5. The maximum absolute atomic E-state index is 13.5. The molecule has 0 aromatic heterocycles. The highest BCUT2D eigenvalue weighted by molar-refractivity contribution is 7.99. The smallest absolute Gasteiger partial charge is 0.126 e. The zero-order valence-electron chi connectivity index (χ0n) is 10.4. The molecule has 19 heavy (non-hydrogen) atoms. The van der Waals surface area contributed by atoms with Crippen molar-refractivity contribution in [3.05, 3.63) is 65.7 Å². The van der Waals surface area contributed by atoms with Crippen LogP contribution in [-0.2, 0) is 6.42 Å². The van der Waals surface area contributed by atoms with Gasteiger partial charge in [-0.2, -0.15) is 0 Å². The van der Waals surface area contributed by atoms with Crippen molar-refractivity contribution in [3.63, 3.8) is 0 Å². The van der Waals surface area contributed by atoms with Crippen molar-refractivity contribution in [1.82, 2.24) is 0 Å². The van der Waals surface area contributed by atoms with Crippen molar-refractivity contribution in [2.75, 3.05) is 5.75 Å². The topological polar surface area (TPSA) is 26.0 Å². The lowest BCUT2D eigenvalue weighted by molar-refractivity contribution is 0.576. The van der Waals surface area contributed by atoms with Gasteiger partial charge in [-0.05, 0) is 42.3 Å². The van der Waals surface area contributed by atoms with Gasteiger partial charge in [0.2, 0.25) is 0 Å².